The summed E-state index contributed by atoms with van der Waals surface area (Å²) in [4.78, 5) is 22.7. The van der Waals surface area contributed by atoms with Gasteiger partial charge in [0.05, 0.1) is 5.69 Å². The SMILES string of the molecule is Cc1ncccc1OC(=O)N1CCC(c2nc(-c3ccccc3)no2)CC1. The van der Waals surface area contributed by atoms with Crippen molar-refractivity contribution in [1.82, 2.24) is 20.0 Å². The van der Waals surface area contributed by atoms with Crippen molar-refractivity contribution in [2.24, 2.45) is 0 Å². The molecule has 1 aliphatic rings. The van der Waals surface area contributed by atoms with E-state index in [4.69, 9.17) is 9.26 Å². The van der Waals surface area contributed by atoms with E-state index >= 15 is 0 Å². The highest BCUT2D eigenvalue weighted by Gasteiger charge is 2.28. The van der Waals surface area contributed by atoms with E-state index in [1.54, 1.807) is 23.2 Å². The van der Waals surface area contributed by atoms with E-state index < -0.39 is 0 Å². The Balaban J connectivity index is 1.36. The Bertz CT molecular complexity index is 918. The molecular weight excluding hydrogens is 344 g/mol. The Morgan fingerprint density at radius 3 is 2.67 bits per heavy atom. The van der Waals surface area contributed by atoms with E-state index in [1.165, 1.54) is 0 Å². The molecule has 0 atom stereocenters. The van der Waals surface area contributed by atoms with Crippen molar-refractivity contribution >= 4 is 6.09 Å². The van der Waals surface area contributed by atoms with E-state index in [1.807, 2.05) is 37.3 Å². The first kappa shape index (κ1) is 17.2. The molecule has 7 heteroatoms. The van der Waals surface area contributed by atoms with Gasteiger partial charge in [-0.05, 0) is 31.9 Å². The monoisotopic (exact) mass is 364 g/mol. The third-order valence-electron chi connectivity index (χ3n) is 4.73. The van der Waals surface area contributed by atoms with Crippen LogP contribution >= 0.6 is 0 Å². The van der Waals surface area contributed by atoms with Crippen molar-refractivity contribution in [1.29, 1.82) is 0 Å². The van der Waals surface area contributed by atoms with Gasteiger partial charge in [0.1, 0.15) is 0 Å². The number of pyridine rings is 1. The number of carbonyl (C=O) groups is 1. The summed E-state index contributed by atoms with van der Waals surface area (Å²) >= 11 is 0. The molecule has 0 saturated carbocycles. The first-order chi connectivity index (χ1) is 13.2. The number of likely N-dealkylation sites (tertiary alicyclic amines) is 1. The molecule has 7 nitrogen and oxygen atoms in total. The first-order valence-electron chi connectivity index (χ1n) is 8.98. The molecule has 3 aromatic rings. The van der Waals surface area contributed by atoms with Crippen LogP contribution in [0.15, 0.2) is 53.2 Å². The van der Waals surface area contributed by atoms with Crippen LogP contribution in [-0.4, -0.2) is 39.2 Å². The van der Waals surface area contributed by atoms with Crippen molar-refractivity contribution in [2.75, 3.05) is 13.1 Å². The van der Waals surface area contributed by atoms with Crippen molar-refractivity contribution in [3.8, 4) is 17.1 Å². The number of hydrogen-bond acceptors (Lipinski definition) is 6. The quantitative estimate of drug-likeness (QED) is 0.703. The summed E-state index contributed by atoms with van der Waals surface area (Å²) in [6.45, 7) is 2.99. The van der Waals surface area contributed by atoms with Crippen LogP contribution in [0.4, 0.5) is 4.79 Å². The Labute approximate surface area is 157 Å². The fourth-order valence-corrected chi connectivity index (χ4v) is 3.15. The van der Waals surface area contributed by atoms with Gasteiger partial charge in [-0.2, -0.15) is 4.98 Å². The molecule has 138 valence electrons. The second kappa shape index (κ2) is 7.57. The van der Waals surface area contributed by atoms with Gasteiger partial charge in [-0.15, -0.1) is 0 Å². The van der Waals surface area contributed by atoms with Crippen molar-refractivity contribution < 1.29 is 14.1 Å². The maximum Gasteiger partial charge on any atom is 0.415 e. The third-order valence-corrected chi connectivity index (χ3v) is 4.73. The van der Waals surface area contributed by atoms with E-state index in [0.717, 1.165) is 18.4 Å². The molecule has 0 aliphatic carbocycles. The summed E-state index contributed by atoms with van der Waals surface area (Å²) in [6.07, 6.45) is 2.85. The molecule has 3 heterocycles. The highest BCUT2D eigenvalue weighted by molar-refractivity contribution is 5.71. The summed E-state index contributed by atoms with van der Waals surface area (Å²) in [5.74, 6) is 1.87. The molecule has 1 saturated heterocycles. The highest BCUT2D eigenvalue weighted by atomic mass is 16.6. The van der Waals surface area contributed by atoms with E-state index in [2.05, 4.69) is 15.1 Å². The zero-order chi connectivity index (χ0) is 18.6. The molecule has 1 aliphatic heterocycles. The van der Waals surface area contributed by atoms with Crippen LogP contribution in [0.1, 0.15) is 30.3 Å². The molecule has 0 unspecified atom stereocenters. The van der Waals surface area contributed by atoms with Crippen LogP contribution in [0.25, 0.3) is 11.4 Å². The molecule has 27 heavy (non-hydrogen) atoms. The number of amides is 1. The van der Waals surface area contributed by atoms with Crippen LogP contribution in [0.5, 0.6) is 5.75 Å². The van der Waals surface area contributed by atoms with Crippen LogP contribution in [-0.2, 0) is 0 Å². The van der Waals surface area contributed by atoms with Gasteiger partial charge in [0.2, 0.25) is 11.7 Å². The molecule has 0 spiro atoms. The molecule has 4 rings (SSSR count). The average Bonchev–Trinajstić information content (AvgIpc) is 3.21. The minimum Gasteiger partial charge on any atom is -0.408 e. The van der Waals surface area contributed by atoms with Gasteiger partial charge in [-0.3, -0.25) is 4.98 Å². The number of aromatic nitrogens is 3. The van der Waals surface area contributed by atoms with Crippen LogP contribution in [0, 0.1) is 6.92 Å². The predicted molar refractivity (Wildman–Crippen MR) is 98.3 cm³/mol. The van der Waals surface area contributed by atoms with Crippen LogP contribution in [0.3, 0.4) is 0 Å². The molecular formula is C20H20N4O3. The van der Waals surface area contributed by atoms with Crippen LogP contribution < -0.4 is 4.74 Å². The number of aryl methyl sites for hydroxylation is 1. The average molecular weight is 364 g/mol. The fourth-order valence-electron chi connectivity index (χ4n) is 3.15. The molecule has 2 aromatic heterocycles. The smallest absolute Gasteiger partial charge is 0.408 e. The summed E-state index contributed by atoms with van der Waals surface area (Å²) in [7, 11) is 0. The molecule has 0 bridgehead atoms. The predicted octanol–water partition coefficient (Wildman–Crippen LogP) is 3.82. The van der Waals surface area contributed by atoms with E-state index in [9.17, 15) is 4.79 Å². The molecule has 1 amide bonds. The molecule has 1 fully saturated rings. The topological polar surface area (TPSA) is 81.4 Å². The van der Waals surface area contributed by atoms with Gasteiger partial charge >= 0.3 is 6.09 Å². The Hall–Kier alpha value is -3.22. The van der Waals surface area contributed by atoms with Crippen LogP contribution in [0.2, 0.25) is 0 Å². The Morgan fingerprint density at radius 1 is 1.15 bits per heavy atom. The van der Waals surface area contributed by atoms with Crippen molar-refractivity contribution in [3.63, 3.8) is 0 Å². The zero-order valence-corrected chi connectivity index (χ0v) is 15.0. The lowest BCUT2D eigenvalue weighted by Gasteiger charge is -2.29. The van der Waals surface area contributed by atoms with E-state index in [0.29, 0.717) is 36.2 Å². The number of nitrogens with zero attached hydrogens (tertiary/aromatic N) is 4. The number of carbonyl (C=O) groups excluding carboxylic acids is 1. The first-order valence-corrected chi connectivity index (χ1v) is 8.98. The Kier molecular flexibility index (Phi) is 4.82. The largest absolute Gasteiger partial charge is 0.415 e. The summed E-state index contributed by atoms with van der Waals surface area (Å²) in [5.41, 5.74) is 1.63. The summed E-state index contributed by atoms with van der Waals surface area (Å²) in [6, 6.07) is 13.2. The van der Waals surface area contributed by atoms with Gasteiger partial charge in [-0.1, -0.05) is 35.5 Å². The van der Waals surface area contributed by atoms with Gasteiger partial charge in [0.25, 0.3) is 0 Å². The van der Waals surface area contributed by atoms with Gasteiger partial charge in [0.15, 0.2) is 5.75 Å². The lowest BCUT2D eigenvalue weighted by molar-refractivity contribution is 0.134. The summed E-state index contributed by atoms with van der Waals surface area (Å²) in [5, 5.41) is 4.08. The maximum absolute atomic E-state index is 12.4. The van der Waals surface area contributed by atoms with Crippen molar-refractivity contribution in [3.05, 3.63) is 60.2 Å². The third kappa shape index (κ3) is 3.81. The lowest BCUT2D eigenvalue weighted by atomic mass is 9.97. The zero-order valence-electron chi connectivity index (χ0n) is 15.0. The minimum absolute atomic E-state index is 0.152. The number of hydrogen-bond donors (Lipinski definition) is 0. The number of piperidine rings is 1. The number of benzene rings is 1. The highest BCUT2D eigenvalue weighted by Crippen LogP contribution is 2.29. The summed E-state index contributed by atoms with van der Waals surface area (Å²) < 4.78 is 10.9. The fraction of sp³-hybridized carbons (Fsp3) is 0.300. The molecule has 1 aromatic carbocycles. The standard InChI is InChI=1S/C20H20N4O3/c1-14-17(8-5-11-21-14)26-20(25)24-12-9-16(10-13-24)19-22-18(23-27-19)15-6-3-2-4-7-15/h2-8,11,16H,9-10,12-13H2,1H3. The normalized spacial score (nSPS) is 14.9. The lowest BCUT2D eigenvalue weighted by Crippen LogP contribution is -2.39. The Morgan fingerprint density at radius 2 is 1.93 bits per heavy atom. The van der Waals surface area contributed by atoms with Gasteiger partial charge < -0.3 is 14.2 Å². The van der Waals surface area contributed by atoms with Gasteiger partial charge in [0, 0.05) is 30.8 Å². The second-order valence-electron chi connectivity index (χ2n) is 6.54. The number of rotatable bonds is 3. The van der Waals surface area contributed by atoms with Gasteiger partial charge in [-0.25, -0.2) is 4.79 Å². The number of ether oxygens (including phenoxy) is 1. The molecule has 0 N–H and O–H groups in total. The second-order valence-corrected chi connectivity index (χ2v) is 6.54. The minimum atomic E-state index is -0.347. The van der Waals surface area contributed by atoms with E-state index in [-0.39, 0.29) is 12.0 Å². The molecule has 0 radical (unpaired) electrons. The maximum atomic E-state index is 12.4. The van der Waals surface area contributed by atoms with Crippen molar-refractivity contribution in [2.45, 2.75) is 25.7 Å².